The average Bonchev–Trinajstić information content (AvgIpc) is 3.25. The predicted octanol–water partition coefficient (Wildman–Crippen LogP) is 1.52. The van der Waals surface area contributed by atoms with Gasteiger partial charge in [-0.15, -0.1) is 10.2 Å². The van der Waals surface area contributed by atoms with Crippen LogP contribution in [0, 0.1) is 0 Å². The van der Waals surface area contributed by atoms with Gasteiger partial charge in [0, 0.05) is 18.7 Å². The maximum Gasteiger partial charge on any atom is 0.244 e. The number of rotatable bonds is 6. The quantitative estimate of drug-likeness (QED) is 0.706. The Morgan fingerprint density at radius 3 is 2.72 bits per heavy atom. The van der Waals surface area contributed by atoms with Gasteiger partial charge in [-0.25, -0.2) is 13.1 Å². The summed E-state index contributed by atoms with van der Waals surface area (Å²) < 4.78 is 40.2. The zero-order valence-electron chi connectivity index (χ0n) is 13.9. The predicted molar refractivity (Wildman–Crippen MR) is 88.2 cm³/mol. The summed E-state index contributed by atoms with van der Waals surface area (Å²) in [6.45, 7) is 1.69. The fraction of sp³-hybridized carbons (Fsp3) is 0.267. The molecule has 3 aromatic rings. The summed E-state index contributed by atoms with van der Waals surface area (Å²) in [5.74, 6) is 1.18. The van der Waals surface area contributed by atoms with Crippen molar-refractivity contribution in [2.45, 2.75) is 17.9 Å². The monoisotopic (exact) mass is 363 g/mol. The van der Waals surface area contributed by atoms with Crippen molar-refractivity contribution in [1.82, 2.24) is 24.6 Å². The molecule has 0 amide bonds. The highest BCUT2D eigenvalue weighted by Gasteiger charge is 2.25. The molecule has 10 heteroatoms. The Bertz CT molecular complexity index is 966. The lowest BCUT2D eigenvalue weighted by Gasteiger charge is -2.15. The van der Waals surface area contributed by atoms with Gasteiger partial charge in [-0.1, -0.05) is 5.16 Å². The molecule has 1 atom stereocenters. The molecule has 132 valence electrons. The van der Waals surface area contributed by atoms with Gasteiger partial charge in [0.15, 0.2) is 5.76 Å². The Balaban J connectivity index is 1.98. The minimum Gasteiger partial charge on any atom is -0.495 e. The number of nitrogens with one attached hydrogen (secondary N) is 1. The Hall–Kier alpha value is -2.72. The van der Waals surface area contributed by atoms with Crippen LogP contribution in [-0.4, -0.2) is 35.4 Å². The molecule has 1 aromatic carbocycles. The van der Waals surface area contributed by atoms with E-state index in [0.29, 0.717) is 17.1 Å². The van der Waals surface area contributed by atoms with Gasteiger partial charge in [-0.05, 0) is 25.1 Å². The van der Waals surface area contributed by atoms with Crippen LogP contribution in [0.2, 0.25) is 0 Å². The number of hydrogen-bond donors (Lipinski definition) is 1. The van der Waals surface area contributed by atoms with Crippen LogP contribution in [0.4, 0.5) is 0 Å². The third kappa shape index (κ3) is 3.39. The third-order valence-electron chi connectivity index (χ3n) is 3.64. The van der Waals surface area contributed by atoms with Gasteiger partial charge in [0.25, 0.3) is 0 Å². The van der Waals surface area contributed by atoms with Crippen molar-refractivity contribution in [3.63, 3.8) is 0 Å². The van der Waals surface area contributed by atoms with Gasteiger partial charge in [0.05, 0.1) is 19.3 Å². The van der Waals surface area contributed by atoms with Crippen LogP contribution >= 0.6 is 0 Å². The Labute approximate surface area is 144 Å². The number of methoxy groups -OCH3 is 1. The summed E-state index contributed by atoms with van der Waals surface area (Å²) in [7, 11) is -0.724. The van der Waals surface area contributed by atoms with Gasteiger partial charge in [0.1, 0.15) is 22.8 Å². The number of ether oxygens (including phenoxy) is 1. The molecule has 1 N–H and O–H groups in total. The van der Waals surface area contributed by atoms with E-state index < -0.39 is 16.1 Å². The molecule has 1 unspecified atom stereocenters. The molecule has 0 bridgehead atoms. The SMILES string of the molecule is COc1ccc(-c2ccno2)cc1S(=O)(=O)NC(C)c1nncn1C. The van der Waals surface area contributed by atoms with Gasteiger partial charge < -0.3 is 13.8 Å². The molecular weight excluding hydrogens is 346 g/mol. The molecule has 0 saturated carbocycles. The summed E-state index contributed by atoms with van der Waals surface area (Å²) in [4.78, 5) is -0.00193. The first-order valence-electron chi connectivity index (χ1n) is 7.37. The summed E-state index contributed by atoms with van der Waals surface area (Å²) in [6, 6.07) is 5.82. The summed E-state index contributed by atoms with van der Waals surface area (Å²) in [5, 5.41) is 11.3. The lowest BCUT2D eigenvalue weighted by Crippen LogP contribution is -2.29. The van der Waals surface area contributed by atoms with Crippen molar-refractivity contribution in [2.24, 2.45) is 7.05 Å². The number of benzene rings is 1. The van der Waals surface area contributed by atoms with E-state index in [9.17, 15) is 8.42 Å². The van der Waals surface area contributed by atoms with E-state index in [-0.39, 0.29) is 10.6 Å². The first kappa shape index (κ1) is 17.1. The van der Waals surface area contributed by atoms with Crippen LogP contribution in [0.5, 0.6) is 5.75 Å². The van der Waals surface area contributed by atoms with Crippen LogP contribution in [0.25, 0.3) is 11.3 Å². The molecule has 0 saturated heterocycles. The average molecular weight is 363 g/mol. The molecule has 0 aliphatic rings. The van der Waals surface area contributed by atoms with Crippen LogP contribution < -0.4 is 9.46 Å². The van der Waals surface area contributed by atoms with E-state index in [1.54, 1.807) is 36.7 Å². The smallest absolute Gasteiger partial charge is 0.244 e. The molecule has 0 spiro atoms. The van der Waals surface area contributed by atoms with Gasteiger partial charge in [0.2, 0.25) is 10.0 Å². The van der Waals surface area contributed by atoms with Crippen molar-refractivity contribution in [1.29, 1.82) is 0 Å². The van der Waals surface area contributed by atoms with Crippen molar-refractivity contribution in [3.8, 4) is 17.1 Å². The molecule has 0 fully saturated rings. The van der Waals surface area contributed by atoms with Crippen LogP contribution in [-0.2, 0) is 17.1 Å². The number of nitrogens with zero attached hydrogens (tertiary/aromatic N) is 4. The van der Waals surface area contributed by atoms with Gasteiger partial charge >= 0.3 is 0 Å². The molecule has 3 rings (SSSR count). The zero-order chi connectivity index (χ0) is 18.0. The highest BCUT2D eigenvalue weighted by Crippen LogP contribution is 2.30. The topological polar surface area (TPSA) is 112 Å². The normalized spacial score (nSPS) is 12.9. The molecule has 2 aromatic heterocycles. The maximum absolute atomic E-state index is 12.9. The van der Waals surface area contributed by atoms with E-state index in [1.807, 2.05) is 0 Å². The lowest BCUT2D eigenvalue weighted by atomic mass is 10.2. The fourth-order valence-electron chi connectivity index (χ4n) is 2.44. The largest absolute Gasteiger partial charge is 0.495 e. The Morgan fingerprint density at radius 2 is 2.12 bits per heavy atom. The molecule has 0 radical (unpaired) electrons. The number of aromatic nitrogens is 4. The van der Waals surface area contributed by atoms with Crippen molar-refractivity contribution < 1.29 is 17.7 Å². The van der Waals surface area contributed by atoms with Crippen LogP contribution in [0.1, 0.15) is 18.8 Å². The summed E-state index contributed by atoms with van der Waals surface area (Å²) in [6.07, 6.45) is 2.99. The first-order chi connectivity index (χ1) is 11.9. The highest BCUT2D eigenvalue weighted by molar-refractivity contribution is 7.89. The van der Waals surface area contributed by atoms with Crippen molar-refractivity contribution in [2.75, 3.05) is 7.11 Å². The second kappa shape index (κ2) is 6.65. The van der Waals surface area contributed by atoms with Crippen molar-refractivity contribution in [3.05, 3.63) is 42.6 Å². The van der Waals surface area contributed by atoms with Gasteiger partial charge in [-0.3, -0.25) is 0 Å². The third-order valence-corrected chi connectivity index (χ3v) is 5.20. The lowest BCUT2D eigenvalue weighted by molar-refractivity contribution is 0.401. The Kier molecular flexibility index (Phi) is 4.55. The second-order valence-corrected chi connectivity index (χ2v) is 7.07. The first-order valence-corrected chi connectivity index (χ1v) is 8.86. The minimum absolute atomic E-state index is 0.00193. The van der Waals surface area contributed by atoms with Crippen LogP contribution in [0.3, 0.4) is 0 Å². The standard InChI is InChI=1S/C15H17N5O4S/c1-10(15-18-16-9-20(15)2)19-25(21,22)14-8-11(4-5-13(14)23-3)12-6-7-17-24-12/h4-10,19H,1-3H3. The maximum atomic E-state index is 12.9. The molecule has 0 aliphatic heterocycles. The highest BCUT2D eigenvalue weighted by atomic mass is 32.2. The van der Waals surface area contributed by atoms with E-state index in [1.165, 1.54) is 25.7 Å². The molecule has 2 heterocycles. The van der Waals surface area contributed by atoms with Gasteiger partial charge in [-0.2, -0.15) is 0 Å². The van der Waals surface area contributed by atoms with E-state index in [0.717, 1.165) is 0 Å². The molecule has 0 aliphatic carbocycles. The number of hydrogen-bond acceptors (Lipinski definition) is 7. The summed E-state index contributed by atoms with van der Waals surface area (Å²) in [5.41, 5.74) is 0.574. The molecule has 9 nitrogen and oxygen atoms in total. The number of sulfonamides is 1. The van der Waals surface area contributed by atoms with E-state index in [2.05, 4.69) is 20.1 Å². The fourth-order valence-corrected chi connectivity index (χ4v) is 3.83. The van der Waals surface area contributed by atoms with E-state index >= 15 is 0 Å². The van der Waals surface area contributed by atoms with E-state index in [4.69, 9.17) is 9.26 Å². The zero-order valence-corrected chi connectivity index (χ0v) is 14.7. The Morgan fingerprint density at radius 1 is 1.32 bits per heavy atom. The van der Waals surface area contributed by atoms with Crippen molar-refractivity contribution >= 4 is 10.0 Å². The van der Waals surface area contributed by atoms with Crippen LogP contribution in [0.15, 0.2) is 46.2 Å². The molecule has 25 heavy (non-hydrogen) atoms. The second-order valence-electron chi connectivity index (χ2n) is 5.39. The summed E-state index contributed by atoms with van der Waals surface area (Å²) >= 11 is 0. The minimum atomic E-state index is -3.88. The molecular formula is C15H17N5O4S. The number of aryl methyl sites for hydroxylation is 1.